The van der Waals surface area contributed by atoms with Gasteiger partial charge in [0.2, 0.25) is 0 Å². The zero-order chi connectivity index (χ0) is 10.4. The molecule has 0 spiro atoms. The van der Waals surface area contributed by atoms with Crippen molar-refractivity contribution in [3.63, 3.8) is 0 Å². The highest BCUT2D eigenvalue weighted by Gasteiger charge is 2.08. The smallest absolute Gasteiger partial charge is 0.115 e. The topological polar surface area (TPSA) is 20.2 Å². The molecule has 78 valence electrons. The average Bonchev–Trinajstić information content (AvgIpc) is 2.19. The maximum atomic E-state index is 9.20. The molecule has 0 atom stereocenters. The van der Waals surface area contributed by atoms with Crippen LogP contribution in [0.3, 0.4) is 0 Å². The maximum Gasteiger partial charge on any atom is 0.115 e. The zero-order valence-electron chi connectivity index (χ0n) is 9.16. The van der Waals surface area contributed by atoms with E-state index in [0.29, 0.717) is 11.7 Å². The van der Waals surface area contributed by atoms with Gasteiger partial charge in [-0.1, -0.05) is 38.8 Å². The van der Waals surface area contributed by atoms with Gasteiger partial charge in [-0.15, -0.1) is 0 Å². The lowest BCUT2D eigenvalue weighted by Crippen LogP contribution is -1.97. The van der Waals surface area contributed by atoms with Crippen LogP contribution in [0, 0.1) is 0 Å². The van der Waals surface area contributed by atoms with Crippen LogP contribution in [0.2, 0.25) is 0 Å². The van der Waals surface area contributed by atoms with Crippen LogP contribution in [0.1, 0.15) is 51.0 Å². The third-order valence-electron chi connectivity index (χ3n) is 2.64. The summed E-state index contributed by atoms with van der Waals surface area (Å²) in [5.74, 6) is 1.03. The summed E-state index contributed by atoms with van der Waals surface area (Å²) in [4.78, 5) is 0. The molecular weight excluding hydrogens is 172 g/mol. The second-order valence-electron chi connectivity index (χ2n) is 3.87. The van der Waals surface area contributed by atoms with Crippen molar-refractivity contribution >= 4 is 0 Å². The van der Waals surface area contributed by atoms with E-state index in [9.17, 15) is 5.11 Å². The van der Waals surface area contributed by atoms with Crippen LogP contribution in [-0.2, 0) is 0 Å². The molecule has 0 saturated carbocycles. The van der Waals surface area contributed by atoms with Gasteiger partial charge in [0.05, 0.1) is 0 Å². The molecule has 0 fully saturated rings. The maximum absolute atomic E-state index is 9.20. The number of phenolic OH excluding ortho intramolecular Hbond substituents is 1. The van der Waals surface area contributed by atoms with Crippen molar-refractivity contribution in [3.8, 4) is 5.75 Å². The number of phenols is 1. The third kappa shape index (κ3) is 3.06. The van der Waals surface area contributed by atoms with Crippen molar-refractivity contribution < 1.29 is 5.11 Å². The molecule has 0 heterocycles. The van der Waals surface area contributed by atoms with Crippen molar-refractivity contribution in [2.24, 2.45) is 0 Å². The minimum absolute atomic E-state index is 0.362. The lowest BCUT2D eigenvalue weighted by molar-refractivity contribution is 0.474. The van der Waals surface area contributed by atoms with Gasteiger partial charge in [-0.05, 0) is 36.5 Å². The second-order valence-corrected chi connectivity index (χ2v) is 3.87. The van der Waals surface area contributed by atoms with Gasteiger partial charge in [0.1, 0.15) is 5.75 Å². The number of benzene rings is 1. The van der Waals surface area contributed by atoms with Gasteiger partial charge in [0, 0.05) is 0 Å². The Hall–Kier alpha value is -0.980. The fourth-order valence-corrected chi connectivity index (χ4v) is 1.92. The Morgan fingerprint density at radius 2 is 1.50 bits per heavy atom. The van der Waals surface area contributed by atoms with Crippen molar-refractivity contribution in [3.05, 3.63) is 29.8 Å². The minimum Gasteiger partial charge on any atom is -0.508 e. The highest BCUT2D eigenvalue weighted by atomic mass is 16.3. The van der Waals surface area contributed by atoms with E-state index in [4.69, 9.17) is 0 Å². The molecule has 0 bridgehead atoms. The number of hydrogen-bond donors (Lipinski definition) is 1. The molecule has 0 aliphatic carbocycles. The molecular formula is C13H20O. The molecule has 1 rings (SSSR count). The molecule has 1 nitrogen and oxygen atoms in total. The summed E-state index contributed by atoms with van der Waals surface area (Å²) in [5, 5.41) is 9.20. The van der Waals surface area contributed by atoms with Crippen LogP contribution in [0.5, 0.6) is 5.75 Å². The van der Waals surface area contributed by atoms with Crippen molar-refractivity contribution in [1.29, 1.82) is 0 Å². The van der Waals surface area contributed by atoms with Gasteiger partial charge < -0.3 is 5.11 Å². The Kier molecular flexibility index (Phi) is 4.51. The predicted octanol–water partition coefficient (Wildman–Crippen LogP) is 4.08. The van der Waals surface area contributed by atoms with Crippen LogP contribution >= 0.6 is 0 Å². The first-order valence-corrected chi connectivity index (χ1v) is 5.56. The van der Waals surface area contributed by atoms with Gasteiger partial charge in [0.15, 0.2) is 0 Å². The monoisotopic (exact) mass is 192 g/mol. The van der Waals surface area contributed by atoms with Crippen molar-refractivity contribution in [1.82, 2.24) is 0 Å². The van der Waals surface area contributed by atoms with E-state index < -0.39 is 0 Å². The van der Waals surface area contributed by atoms with E-state index in [-0.39, 0.29) is 0 Å². The molecule has 1 aromatic rings. The summed E-state index contributed by atoms with van der Waals surface area (Å²) in [6.07, 6.45) is 4.95. The van der Waals surface area contributed by atoms with Crippen LogP contribution < -0.4 is 0 Å². The van der Waals surface area contributed by atoms with E-state index in [2.05, 4.69) is 13.8 Å². The zero-order valence-corrected chi connectivity index (χ0v) is 9.16. The normalized spacial score (nSPS) is 10.8. The van der Waals surface area contributed by atoms with E-state index in [0.717, 1.165) is 0 Å². The Balaban J connectivity index is 2.71. The SMILES string of the molecule is CCCC(CCC)c1ccc(O)cc1. The third-order valence-corrected chi connectivity index (χ3v) is 2.64. The molecule has 14 heavy (non-hydrogen) atoms. The Morgan fingerprint density at radius 1 is 1.00 bits per heavy atom. The minimum atomic E-state index is 0.362. The van der Waals surface area contributed by atoms with E-state index in [1.165, 1.54) is 31.2 Å². The Bertz CT molecular complexity index is 244. The second kappa shape index (κ2) is 5.69. The quantitative estimate of drug-likeness (QED) is 0.745. The summed E-state index contributed by atoms with van der Waals surface area (Å²) >= 11 is 0. The van der Waals surface area contributed by atoms with E-state index in [1.54, 1.807) is 12.1 Å². The molecule has 0 unspecified atom stereocenters. The van der Waals surface area contributed by atoms with Crippen LogP contribution in [-0.4, -0.2) is 5.11 Å². The molecule has 0 radical (unpaired) electrons. The van der Waals surface area contributed by atoms with Crippen LogP contribution in [0.25, 0.3) is 0 Å². The van der Waals surface area contributed by atoms with E-state index in [1.807, 2.05) is 12.1 Å². The van der Waals surface area contributed by atoms with Gasteiger partial charge in [-0.25, -0.2) is 0 Å². The van der Waals surface area contributed by atoms with Crippen LogP contribution in [0.15, 0.2) is 24.3 Å². The molecule has 0 amide bonds. The van der Waals surface area contributed by atoms with E-state index >= 15 is 0 Å². The molecule has 1 aromatic carbocycles. The van der Waals surface area contributed by atoms with Gasteiger partial charge in [0.25, 0.3) is 0 Å². The predicted molar refractivity (Wildman–Crippen MR) is 60.7 cm³/mol. The molecule has 1 N–H and O–H groups in total. The number of hydrogen-bond acceptors (Lipinski definition) is 1. The Labute approximate surface area is 86.8 Å². The molecule has 0 aliphatic rings. The lowest BCUT2D eigenvalue weighted by Gasteiger charge is -2.15. The van der Waals surface area contributed by atoms with Crippen molar-refractivity contribution in [2.75, 3.05) is 0 Å². The molecule has 0 saturated heterocycles. The van der Waals surface area contributed by atoms with Crippen LogP contribution in [0.4, 0.5) is 0 Å². The largest absolute Gasteiger partial charge is 0.508 e. The highest BCUT2D eigenvalue weighted by Crippen LogP contribution is 2.27. The summed E-state index contributed by atoms with van der Waals surface area (Å²) in [6, 6.07) is 7.66. The number of rotatable bonds is 5. The van der Waals surface area contributed by atoms with Gasteiger partial charge in [-0.2, -0.15) is 0 Å². The first-order valence-electron chi connectivity index (χ1n) is 5.56. The summed E-state index contributed by atoms with van der Waals surface area (Å²) in [7, 11) is 0. The fourth-order valence-electron chi connectivity index (χ4n) is 1.92. The summed E-state index contributed by atoms with van der Waals surface area (Å²) < 4.78 is 0. The standard InChI is InChI=1S/C13H20O/c1-3-5-11(6-4-2)12-7-9-13(14)10-8-12/h7-11,14H,3-6H2,1-2H3. The molecule has 0 aliphatic heterocycles. The first-order chi connectivity index (χ1) is 6.77. The highest BCUT2D eigenvalue weighted by molar-refractivity contribution is 5.28. The Morgan fingerprint density at radius 3 is 1.93 bits per heavy atom. The lowest BCUT2D eigenvalue weighted by atomic mass is 9.90. The van der Waals surface area contributed by atoms with Gasteiger partial charge >= 0.3 is 0 Å². The molecule has 1 heteroatoms. The summed E-state index contributed by atoms with van der Waals surface area (Å²) in [6.45, 7) is 4.45. The van der Waals surface area contributed by atoms with Gasteiger partial charge in [-0.3, -0.25) is 0 Å². The fraction of sp³-hybridized carbons (Fsp3) is 0.538. The molecule has 0 aromatic heterocycles. The summed E-state index contributed by atoms with van der Waals surface area (Å²) in [5.41, 5.74) is 1.37. The first kappa shape index (κ1) is 11.1. The van der Waals surface area contributed by atoms with Crippen molar-refractivity contribution in [2.45, 2.75) is 45.4 Å². The number of aromatic hydroxyl groups is 1. The average molecular weight is 192 g/mol.